The first-order valence-electron chi connectivity index (χ1n) is 6.85. The summed E-state index contributed by atoms with van der Waals surface area (Å²) < 4.78 is 23.2. The Labute approximate surface area is 109 Å². The molecule has 4 nitrogen and oxygen atoms in total. The van der Waals surface area contributed by atoms with Gasteiger partial charge >= 0.3 is 0 Å². The molecule has 1 heterocycles. The van der Waals surface area contributed by atoms with Crippen LogP contribution in [0.1, 0.15) is 39.0 Å². The number of carbonyl (C=O) groups is 1. The molecule has 0 aromatic carbocycles. The predicted octanol–water partition coefficient (Wildman–Crippen LogP) is 1.16. The number of hydrogen-bond donors (Lipinski definition) is 1. The first-order valence-corrected chi connectivity index (χ1v) is 8.81. The van der Waals surface area contributed by atoms with Crippen LogP contribution in [0.5, 0.6) is 0 Å². The molecule has 0 spiro atoms. The molecule has 4 atom stereocenters. The third kappa shape index (κ3) is 2.94. The van der Waals surface area contributed by atoms with E-state index in [1.54, 1.807) is 0 Å². The zero-order chi connectivity index (χ0) is 13.3. The first kappa shape index (κ1) is 14.0. The summed E-state index contributed by atoms with van der Waals surface area (Å²) in [4.78, 5) is 12.4. The van der Waals surface area contributed by atoms with Gasteiger partial charge in [-0.25, -0.2) is 8.42 Å². The topological polar surface area (TPSA) is 63.2 Å². The van der Waals surface area contributed by atoms with E-state index in [1.165, 1.54) is 6.26 Å². The molecule has 18 heavy (non-hydrogen) atoms. The van der Waals surface area contributed by atoms with Gasteiger partial charge in [0.1, 0.15) is 15.6 Å². The lowest BCUT2D eigenvalue weighted by molar-refractivity contribution is -0.127. The van der Waals surface area contributed by atoms with Crippen molar-refractivity contribution in [1.82, 2.24) is 5.32 Å². The Morgan fingerprint density at radius 1 is 1.22 bits per heavy atom. The van der Waals surface area contributed by atoms with Crippen molar-refractivity contribution >= 4 is 15.6 Å². The molecule has 1 saturated heterocycles. The third-order valence-electron chi connectivity index (χ3n) is 4.52. The van der Waals surface area contributed by atoms with E-state index in [0.29, 0.717) is 12.2 Å². The van der Waals surface area contributed by atoms with Crippen molar-refractivity contribution in [2.75, 3.05) is 12.8 Å². The summed E-state index contributed by atoms with van der Waals surface area (Å²) >= 11 is 0. The van der Waals surface area contributed by atoms with Crippen LogP contribution < -0.4 is 5.32 Å². The molecule has 104 valence electrons. The molecule has 0 radical (unpaired) electrons. The van der Waals surface area contributed by atoms with E-state index in [-0.39, 0.29) is 23.1 Å². The van der Waals surface area contributed by atoms with Crippen LogP contribution >= 0.6 is 0 Å². The van der Waals surface area contributed by atoms with Gasteiger partial charge in [-0.1, -0.05) is 6.42 Å². The van der Waals surface area contributed by atoms with Crippen molar-refractivity contribution in [1.29, 1.82) is 0 Å². The van der Waals surface area contributed by atoms with Crippen LogP contribution in [-0.2, 0) is 14.6 Å². The van der Waals surface area contributed by atoms with E-state index < -0.39 is 9.84 Å². The minimum Gasteiger partial charge on any atom is -0.314 e. The fourth-order valence-electron chi connectivity index (χ4n) is 3.34. The number of ketones is 1. The standard InChI is InChI=1S/C13H23NO3S/c1-9-12(6-7-14-9)13(15)10-4-3-5-11(8-10)18(2,16)17/h9-12,14H,3-8H2,1-2H3. The maximum absolute atomic E-state index is 12.4. The highest BCUT2D eigenvalue weighted by atomic mass is 32.2. The fourth-order valence-corrected chi connectivity index (χ4v) is 4.52. The van der Waals surface area contributed by atoms with E-state index in [9.17, 15) is 13.2 Å². The number of carbonyl (C=O) groups excluding carboxylic acids is 1. The lowest BCUT2D eigenvalue weighted by Gasteiger charge is -2.29. The van der Waals surface area contributed by atoms with Gasteiger partial charge < -0.3 is 5.32 Å². The van der Waals surface area contributed by atoms with Crippen LogP contribution in [-0.4, -0.2) is 38.3 Å². The molecule has 1 saturated carbocycles. The second kappa shape index (κ2) is 5.29. The highest BCUT2D eigenvalue weighted by Gasteiger charge is 2.38. The average molecular weight is 273 g/mol. The number of sulfone groups is 1. The summed E-state index contributed by atoms with van der Waals surface area (Å²) in [5.41, 5.74) is 0. The highest BCUT2D eigenvalue weighted by Crippen LogP contribution is 2.32. The molecule has 5 heteroatoms. The first-order chi connectivity index (χ1) is 8.39. The number of Topliss-reactive ketones (excluding diaryl/α,β-unsaturated/α-hetero) is 1. The minimum absolute atomic E-state index is 0.0363. The Morgan fingerprint density at radius 3 is 2.50 bits per heavy atom. The molecule has 0 aromatic heterocycles. The predicted molar refractivity (Wildman–Crippen MR) is 71.2 cm³/mol. The summed E-state index contributed by atoms with van der Waals surface area (Å²) in [5.74, 6) is 0.347. The lowest BCUT2D eigenvalue weighted by atomic mass is 9.79. The molecule has 1 N–H and O–H groups in total. The molecule has 2 rings (SSSR count). The van der Waals surface area contributed by atoms with Crippen molar-refractivity contribution in [3.8, 4) is 0 Å². The molecule has 2 aliphatic rings. The van der Waals surface area contributed by atoms with Gasteiger partial charge in [-0.3, -0.25) is 4.79 Å². The van der Waals surface area contributed by atoms with Gasteiger partial charge in [-0.2, -0.15) is 0 Å². The van der Waals surface area contributed by atoms with Crippen LogP contribution in [0.25, 0.3) is 0 Å². The molecule has 0 aromatic rings. The van der Waals surface area contributed by atoms with Gasteiger partial charge in [0.2, 0.25) is 0 Å². The summed E-state index contributed by atoms with van der Waals surface area (Å²) in [5, 5.41) is 2.99. The van der Waals surface area contributed by atoms with Gasteiger partial charge in [0.05, 0.1) is 5.25 Å². The summed E-state index contributed by atoms with van der Waals surface area (Å²) in [6, 6.07) is 0.246. The number of rotatable bonds is 3. The van der Waals surface area contributed by atoms with Gasteiger partial charge in [-0.05, 0) is 39.2 Å². The largest absolute Gasteiger partial charge is 0.314 e. The molecule has 1 aliphatic heterocycles. The Balaban J connectivity index is 2.02. The zero-order valence-electron chi connectivity index (χ0n) is 11.2. The molecular formula is C13H23NO3S. The van der Waals surface area contributed by atoms with Crippen molar-refractivity contribution < 1.29 is 13.2 Å². The van der Waals surface area contributed by atoms with Gasteiger partial charge in [0.25, 0.3) is 0 Å². The molecule has 0 bridgehead atoms. The molecule has 1 aliphatic carbocycles. The SMILES string of the molecule is CC1NCCC1C(=O)C1CCCC(S(C)(=O)=O)C1. The fraction of sp³-hybridized carbons (Fsp3) is 0.923. The van der Waals surface area contributed by atoms with Crippen molar-refractivity contribution in [3.63, 3.8) is 0 Å². The monoisotopic (exact) mass is 273 g/mol. The van der Waals surface area contributed by atoms with Gasteiger partial charge in [0.15, 0.2) is 0 Å². The molecular weight excluding hydrogens is 250 g/mol. The Morgan fingerprint density at radius 2 is 1.94 bits per heavy atom. The van der Waals surface area contributed by atoms with Crippen LogP contribution in [0.15, 0.2) is 0 Å². The van der Waals surface area contributed by atoms with E-state index in [4.69, 9.17) is 0 Å². The van der Waals surface area contributed by atoms with E-state index in [0.717, 1.165) is 32.2 Å². The normalized spacial score (nSPS) is 37.7. The minimum atomic E-state index is -3.00. The molecule has 0 amide bonds. The molecule has 2 fully saturated rings. The zero-order valence-corrected chi connectivity index (χ0v) is 12.0. The maximum atomic E-state index is 12.4. The highest BCUT2D eigenvalue weighted by molar-refractivity contribution is 7.91. The number of nitrogens with one attached hydrogen (secondary N) is 1. The Bertz CT molecular complexity index is 418. The van der Waals surface area contributed by atoms with Gasteiger partial charge in [0, 0.05) is 24.1 Å². The lowest BCUT2D eigenvalue weighted by Crippen LogP contribution is -2.37. The van der Waals surface area contributed by atoms with Crippen LogP contribution in [0, 0.1) is 11.8 Å². The van der Waals surface area contributed by atoms with Gasteiger partial charge in [-0.15, -0.1) is 0 Å². The van der Waals surface area contributed by atoms with Crippen molar-refractivity contribution in [3.05, 3.63) is 0 Å². The Hall–Kier alpha value is -0.420. The maximum Gasteiger partial charge on any atom is 0.150 e. The van der Waals surface area contributed by atoms with Crippen molar-refractivity contribution in [2.45, 2.75) is 50.3 Å². The number of hydrogen-bond acceptors (Lipinski definition) is 4. The average Bonchev–Trinajstić information content (AvgIpc) is 2.73. The smallest absolute Gasteiger partial charge is 0.150 e. The van der Waals surface area contributed by atoms with Crippen LogP contribution in [0.3, 0.4) is 0 Å². The van der Waals surface area contributed by atoms with Crippen LogP contribution in [0.2, 0.25) is 0 Å². The summed E-state index contributed by atoms with van der Waals surface area (Å²) in [6.07, 6.45) is 5.20. The second-order valence-corrected chi connectivity index (χ2v) is 8.18. The Kier molecular flexibility index (Phi) is 4.11. The van der Waals surface area contributed by atoms with Crippen LogP contribution in [0.4, 0.5) is 0 Å². The third-order valence-corrected chi connectivity index (χ3v) is 6.16. The quantitative estimate of drug-likeness (QED) is 0.838. The summed E-state index contributed by atoms with van der Waals surface area (Å²) in [7, 11) is -3.00. The van der Waals surface area contributed by atoms with Crippen molar-refractivity contribution in [2.24, 2.45) is 11.8 Å². The van der Waals surface area contributed by atoms with E-state index in [1.807, 2.05) is 6.92 Å². The van der Waals surface area contributed by atoms with E-state index >= 15 is 0 Å². The second-order valence-electron chi connectivity index (χ2n) is 5.86. The summed E-state index contributed by atoms with van der Waals surface area (Å²) in [6.45, 7) is 2.95. The van der Waals surface area contributed by atoms with E-state index in [2.05, 4.69) is 5.32 Å². The molecule has 4 unspecified atom stereocenters.